The first-order chi connectivity index (χ1) is 6.07. The normalized spacial score (nSPS) is 16.4. The van der Waals surface area contributed by atoms with Gasteiger partial charge < -0.3 is 5.73 Å². The van der Waals surface area contributed by atoms with E-state index in [-0.39, 0.29) is 0 Å². The van der Waals surface area contributed by atoms with Crippen molar-refractivity contribution in [2.75, 3.05) is 0 Å². The molecule has 1 heterocycles. The fourth-order valence-corrected chi connectivity index (χ4v) is 1.18. The number of rotatable bonds is 2. The summed E-state index contributed by atoms with van der Waals surface area (Å²) < 4.78 is 0. The third kappa shape index (κ3) is 1.58. The molecule has 1 aliphatic heterocycles. The first kappa shape index (κ1) is 9.44. The number of urea groups is 1. The Kier molecular flexibility index (Phi) is 2.46. The van der Waals surface area contributed by atoms with Crippen LogP contribution in [-0.2, 0) is 9.59 Å². The van der Waals surface area contributed by atoms with Gasteiger partial charge in [0.2, 0.25) is 0 Å². The Labute approximate surface area is 75.2 Å². The number of primary amides is 1. The van der Waals surface area contributed by atoms with Gasteiger partial charge in [-0.05, 0) is 6.42 Å². The van der Waals surface area contributed by atoms with Gasteiger partial charge in [0.25, 0.3) is 11.8 Å². The average molecular weight is 182 g/mol. The summed E-state index contributed by atoms with van der Waals surface area (Å²) in [6.45, 7) is 1.88. The number of nitrogens with zero attached hydrogens (tertiary/aromatic N) is 1. The number of hydrogen-bond acceptors (Lipinski definition) is 3. The lowest BCUT2D eigenvalue weighted by molar-refractivity contribution is -0.133. The number of hydrogen-bond donors (Lipinski definition) is 1. The highest BCUT2D eigenvalue weighted by molar-refractivity contribution is 6.24. The Bertz CT molecular complexity index is 307. The molecule has 0 aromatic rings. The first-order valence-electron chi connectivity index (χ1n) is 3.96. The molecule has 70 valence electrons. The molecule has 0 aromatic carbocycles. The minimum absolute atomic E-state index is 0.353. The molecule has 5 nitrogen and oxygen atoms in total. The van der Waals surface area contributed by atoms with Crippen molar-refractivity contribution in [1.82, 2.24) is 4.90 Å². The van der Waals surface area contributed by atoms with E-state index < -0.39 is 17.8 Å². The lowest BCUT2D eigenvalue weighted by atomic mass is 10.1. The molecule has 0 saturated carbocycles. The molecule has 0 spiro atoms. The second-order valence-electron chi connectivity index (χ2n) is 2.74. The van der Waals surface area contributed by atoms with Crippen LogP contribution in [0.3, 0.4) is 0 Å². The van der Waals surface area contributed by atoms with Gasteiger partial charge in [-0.3, -0.25) is 9.59 Å². The number of imide groups is 3. The number of nitrogens with two attached hydrogens (primary N) is 1. The van der Waals surface area contributed by atoms with Crippen LogP contribution in [0.2, 0.25) is 0 Å². The maximum absolute atomic E-state index is 11.3. The molecule has 0 radical (unpaired) electrons. The topological polar surface area (TPSA) is 80.5 Å². The van der Waals surface area contributed by atoms with Gasteiger partial charge in [-0.1, -0.05) is 13.3 Å². The van der Waals surface area contributed by atoms with Crippen molar-refractivity contribution in [3.63, 3.8) is 0 Å². The third-order valence-corrected chi connectivity index (χ3v) is 1.74. The highest BCUT2D eigenvalue weighted by Crippen LogP contribution is 2.16. The molecule has 0 unspecified atom stereocenters. The predicted octanol–water partition coefficient (Wildman–Crippen LogP) is 0.160. The van der Waals surface area contributed by atoms with Crippen LogP contribution in [0.5, 0.6) is 0 Å². The molecule has 0 fully saturated rings. The van der Waals surface area contributed by atoms with E-state index in [9.17, 15) is 14.4 Å². The van der Waals surface area contributed by atoms with Gasteiger partial charge in [0, 0.05) is 11.6 Å². The van der Waals surface area contributed by atoms with Crippen LogP contribution in [0.4, 0.5) is 4.79 Å². The van der Waals surface area contributed by atoms with Crippen LogP contribution >= 0.6 is 0 Å². The summed E-state index contributed by atoms with van der Waals surface area (Å²) in [7, 11) is 0. The minimum atomic E-state index is -1.02. The molecule has 0 saturated heterocycles. The summed E-state index contributed by atoms with van der Waals surface area (Å²) in [4.78, 5) is 33.4. The van der Waals surface area contributed by atoms with Crippen LogP contribution in [0, 0.1) is 0 Å². The van der Waals surface area contributed by atoms with Gasteiger partial charge in [0.1, 0.15) is 0 Å². The summed E-state index contributed by atoms with van der Waals surface area (Å²) in [5, 5.41) is 0. The molecule has 0 bridgehead atoms. The standard InChI is InChI=1S/C8H10N2O3/c1-2-3-5-4-6(11)10(7(5)12)8(9)13/h4H,2-3H2,1H3,(H2,9,13). The van der Waals surface area contributed by atoms with Gasteiger partial charge in [-0.15, -0.1) is 0 Å². The predicted molar refractivity (Wildman–Crippen MR) is 44.4 cm³/mol. The number of carbonyl (C=O) groups excluding carboxylic acids is 3. The second kappa shape index (κ2) is 3.38. The first-order valence-corrected chi connectivity index (χ1v) is 3.96. The monoisotopic (exact) mass is 182 g/mol. The van der Waals surface area contributed by atoms with Crippen LogP contribution in [0.15, 0.2) is 11.6 Å². The average Bonchev–Trinajstić information content (AvgIpc) is 2.28. The third-order valence-electron chi connectivity index (χ3n) is 1.74. The van der Waals surface area contributed by atoms with Crippen LogP contribution in [0.25, 0.3) is 0 Å². The van der Waals surface area contributed by atoms with E-state index in [1.807, 2.05) is 6.92 Å². The quantitative estimate of drug-likeness (QED) is 0.617. The Morgan fingerprint density at radius 1 is 1.54 bits per heavy atom. The lowest BCUT2D eigenvalue weighted by Gasteiger charge is -2.08. The maximum atomic E-state index is 11.3. The van der Waals surface area contributed by atoms with Crippen molar-refractivity contribution in [1.29, 1.82) is 0 Å². The zero-order valence-corrected chi connectivity index (χ0v) is 7.24. The van der Waals surface area contributed by atoms with Crippen molar-refractivity contribution < 1.29 is 14.4 Å². The maximum Gasteiger partial charge on any atom is 0.328 e. The van der Waals surface area contributed by atoms with Crippen LogP contribution < -0.4 is 5.73 Å². The van der Waals surface area contributed by atoms with Gasteiger partial charge >= 0.3 is 6.03 Å². The van der Waals surface area contributed by atoms with E-state index in [2.05, 4.69) is 0 Å². The molecular weight excluding hydrogens is 172 g/mol. The minimum Gasteiger partial charge on any atom is -0.351 e. The number of carbonyl (C=O) groups is 3. The Morgan fingerprint density at radius 3 is 2.54 bits per heavy atom. The Morgan fingerprint density at radius 2 is 2.15 bits per heavy atom. The van der Waals surface area contributed by atoms with E-state index in [1.165, 1.54) is 0 Å². The van der Waals surface area contributed by atoms with E-state index in [0.29, 0.717) is 16.9 Å². The van der Waals surface area contributed by atoms with Gasteiger partial charge in [0.15, 0.2) is 0 Å². The van der Waals surface area contributed by atoms with Gasteiger partial charge in [0.05, 0.1) is 0 Å². The molecule has 0 aliphatic carbocycles. The summed E-state index contributed by atoms with van der Waals surface area (Å²) in [5.74, 6) is -1.22. The van der Waals surface area contributed by atoms with E-state index in [0.717, 1.165) is 12.5 Å². The fourth-order valence-electron chi connectivity index (χ4n) is 1.18. The van der Waals surface area contributed by atoms with Crippen LogP contribution in [0.1, 0.15) is 19.8 Å². The SMILES string of the molecule is CCCC1=CC(=O)N(C(N)=O)C1=O. The summed E-state index contributed by atoms with van der Waals surface area (Å²) in [6.07, 6.45) is 2.41. The van der Waals surface area contributed by atoms with Crippen molar-refractivity contribution in [2.45, 2.75) is 19.8 Å². The highest BCUT2D eigenvalue weighted by atomic mass is 16.2. The Balaban J connectivity index is 2.86. The molecule has 4 amide bonds. The van der Waals surface area contributed by atoms with Crippen molar-refractivity contribution in [3.8, 4) is 0 Å². The number of amides is 4. The van der Waals surface area contributed by atoms with Crippen molar-refractivity contribution in [3.05, 3.63) is 11.6 Å². The van der Waals surface area contributed by atoms with Crippen LogP contribution in [-0.4, -0.2) is 22.7 Å². The molecule has 0 atom stereocenters. The summed E-state index contributed by atoms with van der Waals surface area (Å²) >= 11 is 0. The molecule has 1 rings (SSSR count). The fraction of sp³-hybridized carbons (Fsp3) is 0.375. The van der Waals surface area contributed by atoms with E-state index in [4.69, 9.17) is 5.73 Å². The largest absolute Gasteiger partial charge is 0.351 e. The van der Waals surface area contributed by atoms with E-state index >= 15 is 0 Å². The molecular formula is C8H10N2O3. The zero-order valence-electron chi connectivity index (χ0n) is 7.24. The lowest BCUT2D eigenvalue weighted by Crippen LogP contribution is -2.40. The molecule has 5 heteroatoms. The smallest absolute Gasteiger partial charge is 0.328 e. The molecule has 0 aromatic heterocycles. The molecule has 13 heavy (non-hydrogen) atoms. The van der Waals surface area contributed by atoms with Crippen molar-refractivity contribution in [2.24, 2.45) is 5.73 Å². The molecule has 2 N–H and O–H groups in total. The van der Waals surface area contributed by atoms with Gasteiger partial charge in [-0.2, -0.15) is 4.90 Å². The summed E-state index contributed by atoms with van der Waals surface area (Å²) in [5.41, 5.74) is 5.20. The van der Waals surface area contributed by atoms with E-state index in [1.54, 1.807) is 0 Å². The van der Waals surface area contributed by atoms with Crippen molar-refractivity contribution >= 4 is 17.8 Å². The summed E-state index contributed by atoms with van der Waals surface area (Å²) in [6, 6.07) is -1.02. The zero-order chi connectivity index (χ0) is 10.0. The second-order valence-corrected chi connectivity index (χ2v) is 2.74. The van der Waals surface area contributed by atoms with Gasteiger partial charge in [-0.25, -0.2) is 4.79 Å². The molecule has 1 aliphatic rings. The highest BCUT2D eigenvalue weighted by Gasteiger charge is 2.33. The Hall–Kier alpha value is -1.65.